The molecule has 3 aromatic rings. The molecule has 0 bridgehead atoms. The Hall–Kier alpha value is -3.16. The molecule has 0 aromatic carbocycles. The van der Waals surface area contributed by atoms with Crippen LogP contribution in [0.15, 0.2) is 35.1 Å². The Morgan fingerprint density at radius 2 is 2.03 bits per heavy atom. The zero-order valence-corrected chi connectivity index (χ0v) is 17.3. The van der Waals surface area contributed by atoms with Crippen molar-refractivity contribution < 1.29 is 9.21 Å². The van der Waals surface area contributed by atoms with Crippen LogP contribution in [-0.4, -0.2) is 45.5 Å². The fourth-order valence-electron chi connectivity index (χ4n) is 3.96. The highest BCUT2D eigenvalue weighted by Crippen LogP contribution is 2.40. The maximum absolute atomic E-state index is 13.1. The largest absolute Gasteiger partial charge is 0.445 e. The van der Waals surface area contributed by atoms with Crippen molar-refractivity contribution in [2.45, 2.75) is 51.1 Å². The van der Waals surface area contributed by atoms with E-state index in [1.807, 2.05) is 31.3 Å². The molecule has 156 valence electrons. The van der Waals surface area contributed by atoms with Crippen molar-refractivity contribution in [3.8, 4) is 0 Å². The first-order valence-electron chi connectivity index (χ1n) is 10.5. The maximum Gasteiger partial charge on any atom is 0.255 e. The third kappa shape index (κ3) is 3.69. The van der Waals surface area contributed by atoms with Gasteiger partial charge in [-0.25, -0.2) is 9.97 Å². The average Bonchev–Trinajstić information content (AvgIpc) is 3.31. The van der Waals surface area contributed by atoms with Crippen LogP contribution in [0.4, 0.5) is 11.6 Å². The minimum atomic E-state index is -0.138. The van der Waals surface area contributed by atoms with Gasteiger partial charge < -0.3 is 20.0 Å². The molecular formula is C22H26N6O2. The number of anilines is 2. The van der Waals surface area contributed by atoms with Crippen molar-refractivity contribution in [3.63, 3.8) is 0 Å². The van der Waals surface area contributed by atoms with Crippen LogP contribution in [0.1, 0.15) is 48.8 Å². The molecule has 30 heavy (non-hydrogen) atoms. The van der Waals surface area contributed by atoms with Crippen molar-refractivity contribution in [1.29, 1.82) is 0 Å². The van der Waals surface area contributed by atoms with Gasteiger partial charge in [-0.15, -0.1) is 0 Å². The van der Waals surface area contributed by atoms with E-state index >= 15 is 0 Å². The van der Waals surface area contributed by atoms with Crippen LogP contribution in [-0.2, 0) is 0 Å². The number of nitrogens with one attached hydrogen (secondary N) is 2. The molecule has 0 unspecified atom stereocenters. The number of furan rings is 1. The third-order valence-corrected chi connectivity index (χ3v) is 6.01. The second-order valence-corrected chi connectivity index (χ2v) is 8.56. The van der Waals surface area contributed by atoms with E-state index in [-0.39, 0.29) is 17.5 Å². The first-order valence-corrected chi connectivity index (χ1v) is 10.5. The van der Waals surface area contributed by atoms with E-state index in [0.717, 1.165) is 44.6 Å². The Labute approximate surface area is 175 Å². The quantitative estimate of drug-likeness (QED) is 0.671. The van der Waals surface area contributed by atoms with Gasteiger partial charge in [-0.2, -0.15) is 4.98 Å². The van der Waals surface area contributed by atoms with Crippen LogP contribution in [0.5, 0.6) is 0 Å². The van der Waals surface area contributed by atoms with Crippen LogP contribution in [0.3, 0.4) is 0 Å². The van der Waals surface area contributed by atoms with Gasteiger partial charge in [0.15, 0.2) is 0 Å². The van der Waals surface area contributed by atoms with E-state index < -0.39 is 0 Å². The second kappa shape index (κ2) is 7.27. The van der Waals surface area contributed by atoms with Gasteiger partial charge in [0.25, 0.3) is 5.91 Å². The zero-order valence-electron chi connectivity index (χ0n) is 17.3. The zero-order chi connectivity index (χ0) is 20.7. The minimum Gasteiger partial charge on any atom is -0.445 e. The lowest BCUT2D eigenvalue weighted by Gasteiger charge is -2.33. The predicted molar refractivity (Wildman–Crippen MR) is 115 cm³/mol. The van der Waals surface area contributed by atoms with Gasteiger partial charge >= 0.3 is 0 Å². The van der Waals surface area contributed by atoms with Gasteiger partial charge in [0.1, 0.15) is 23.7 Å². The van der Waals surface area contributed by atoms with Gasteiger partial charge in [0.2, 0.25) is 5.71 Å². The van der Waals surface area contributed by atoms with E-state index in [4.69, 9.17) is 4.42 Å². The molecule has 8 heteroatoms. The fourth-order valence-corrected chi connectivity index (χ4v) is 3.96. The van der Waals surface area contributed by atoms with Crippen molar-refractivity contribution in [2.24, 2.45) is 0 Å². The highest BCUT2D eigenvalue weighted by molar-refractivity contribution is 6.09. The Kier molecular flexibility index (Phi) is 4.56. The summed E-state index contributed by atoms with van der Waals surface area (Å²) in [5, 5.41) is 7.32. The Morgan fingerprint density at radius 3 is 2.73 bits per heavy atom. The molecule has 1 amide bonds. The molecule has 0 atom stereocenters. The number of hydrogen-bond donors (Lipinski definition) is 2. The first kappa shape index (κ1) is 18.8. The summed E-state index contributed by atoms with van der Waals surface area (Å²) in [6, 6.07) is 6.06. The Balaban J connectivity index is 1.31. The lowest BCUT2D eigenvalue weighted by Crippen LogP contribution is -2.44. The van der Waals surface area contributed by atoms with Crippen molar-refractivity contribution in [1.82, 2.24) is 20.3 Å². The van der Waals surface area contributed by atoms with E-state index in [0.29, 0.717) is 28.3 Å². The van der Waals surface area contributed by atoms with E-state index in [1.54, 1.807) is 0 Å². The molecule has 2 N–H and O–H groups in total. The van der Waals surface area contributed by atoms with Gasteiger partial charge in [-0.3, -0.25) is 4.79 Å². The number of fused-ring (bicyclic) bond motifs is 1. The molecule has 3 aromatic heterocycles. The molecular weight excluding hydrogens is 380 g/mol. The maximum atomic E-state index is 13.1. The summed E-state index contributed by atoms with van der Waals surface area (Å²) in [7, 11) is 0. The molecule has 1 saturated heterocycles. The summed E-state index contributed by atoms with van der Waals surface area (Å²) < 4.78 is 5.62. The standard InChI is InChI=1S/C22H26N6O2/c1-14-24-19(27-22(2)8-9-22)18-16(13-30-21(18)25-14)20(29)26-15-6-11-28(12-7-15)17-5-3-4-10-23-17/h3-5,10,13,15H,6-9,11-12H2,1-2H3,(H,26,29)(H,24,25,27). The summed E-state index contributed by atoms with van der Waals surface area (Å²) in [4.78, 5) is 28.7. The first-order chi connectivity index (χ1) is 14.5. The smallest absolute Gasteiger partial charge is 0.255 e. The van der Waals surface area contributed by atoms with Gasteiger partial charge in [0.05, 0.1) is 10.9 Å². The number of rotatable bonds is 5. The lowest BCUT2D eigenvalue weighted by atomic mass is 10.0. The van der Waals surface area contributed by atoms with E-state index in [2.05, 4.69) is 37.4 Å². The van der Waals surface area contributed by atoms with E-state index in [9.17, 15) is 4.79 Å². The van der Waals surface area contributed by atoms with Crippen molar-refractivity contribution in [2.75, 3.05) is 23.3 Å². The number of nitrogens with zero attached hydrogens (tertiary/aromatic N) is 4. The van der Waals surface area contributed by atoms with Crippen LogP contribution < -0.4 is 15.5 Å². The van der Waals surface area contributed by atoms with Crippen LogP contribution in [0, 0.1) is 6.92 Å². The van der Waals surface area contributed by atoms with Gasteiger partial charge in [0, 0.05) is 30.9 Å². The Morgan fingerprint density at radius 1 is 1.23 bits per heavy atom. The van der Waals surface area contributed by atoms with Crippen LogP contribution >= 0.6 is 0 Å². The minimum absolute atomic E-state index is 0.0387. The normalized spacial score (nSPS) is 18.4. The molecule has 4 heterocycles. The molecule has 8 nitrogen and oxygen atoms in total. The molecule has 1 aliphatic carbocycles. The van der Waals surface area contributed by atoms with Crippen molar-refractivity contribution >= 4 is 28.6 Å². The Bertz CT molecular complexity index is 1070. The average molecular weight is 406 g/mol. The number of amides is 1. The number of aryl methyl sites for hydroxylation is 1. The number of hydrogen-bond acceptors (Lipinski definition) is 7. The third-order valence-electron chi connectivity index (χ3n) is 6.01. The fraction of sp³-hybridized carbons (Fsp3) is 0.455. The number of carbonyl (C=O) groups excluding carboxylic acids is 1. The molecule has 5 rings (SSSR count). The van der Waals surface area contributed by atoms with Gasteiger partial charge in [-0.05, 0) is 51.7 Å². The highest BCUT2D eigenvalue weighted by atomic mass is 16.3. The second-order valence-electron chi connectivity index (χ2n) is 8.56. The van der Waals surface area contributed by atoms with Crippen molar-refractivity contribution in [3.05, 3.63) is 42.0 Å². The van der Waals surface area contributed by atoms with Gasteiger partial charge in [-0.1, -0.05) is 6.07 Å². The van der Waals surface area contributed by atoms with Crippen LogP contribution in [0.25, 0.3) is 11.1 Å². The summed E-state index contributed by atoms with van der Waals surface area (Å²) in [6.45, 7) is 5.71. The SMILES string of the molecule is Cc1nc(NC2(C)CC2)c2c(C(=O)NC3CCN(c4ccccn4)CC3)coc2n1. The molecule has 2 aliphatic rings. The summed E-state index contributed by atoms with van der Waals surface area (Å²) in [5.74, 6) is 2.15. The van der Waals surface area contributed by atoms with Crippen LogP contribution in [0.2, 0.25) is 0 Å². The van der Waals surface area contributed by atoms with E-state index in [1.165, 1.54) is 6.26 Å². The number of pyridine rings is 1. The molecule has 0 spiro atoms. The summed E-state index contributed by atoms with van der Waals surface area (Å²) in [6.07, 6.45) is 7.23. The molecule has 1 saturated carbocycles. The molecule has 0 radical (unpaired) electrons. The molecule has 2 fully saturated rings. The number of piperidine rings is 1. The number of carbonyl (C=O) groups is 1. The number of aromatic nitrogens is 3. The monoisotopic (exact) mass is 406 g/mol. The topological polar surface area (TPSA) is 96.2 Å². The summed E-state index contributed by atoms with van der Waals surface area (Å²) >= 11 is 0. The molecule has 1 aliphatic heterocycles. The predicted octanol–water partition coefficient (Wildman–Crippen LogP) is 3.29. The highest BCUT2D eigenvalue weighted by Gasteiger charge is 2.38. The summed E-state index contributed by atoms with van der Waals surface area (Å²) in [5.41, 5.74) is 0.977. The lowest BCUT2D eigenvalue weighted by molar-refractivity contribution is 0.0932.